The molecule has 10 atom stereocenters. The summed E-state index contributed by atoms with van der Waals surface area (Å²) in [5, 5.41) is 0. The van der Waals surface area contributed by atoms with Gasteiger partial charge in [-0.2, -0.15) is 0 Å². The maximum Gasteiger partial charge on any atom is 0.159 e. The monoisotopic (exact) mass is 468 g/mol. The molecule has 3 fully saturated rings. The molecule has 0 N–H and O–H groups in total. The van der Waals surface area contributed by atoms with Crippen molar-refractivity contribution in [1.82, 2.24) is 0 Å². The summed E-state index contributed by atoms with van der Waals surface area (Å²) in [5.74, 6) is 5.52. The molecule has 0 bridgehead atoms. The Morgan fingerprint density at radius 3 is 2.24 bits per heavy atom. The number of hydrogen-bond donors (Lipinski definition) is 0. The second-order valence-electron chi connectivity index (χ2n) is 15.4. The molecule has 0 spiro atoms. The van der Waals surface area contributed by atoms with Crippen LogP contribution >= 0.6 is 0 Å². The normalized spacial score (nSPS) is 47.6. The Bertz CT molecular complexity index is 833. The average molecular weight is 469 g/mol. The van der Waals surface area contributed by atoms with Crippen LogP contribution in [-0.2, 0) is 4.79 Å². The number of hydrogen-bond acceptors (Lipinski definition) is 1. The number of rotatable bonds is 5. The van der Waals surface area contributed by atoms with Crippen LogP contribution in [0.25, 0.3) is 0 Å². The van der Waals surface area contributed by atoms with E-state index in [1.165, 1.54) is 38.5 Å². The molecule has 0 amide bonds. The molecule has 4 aliphatic rings. The van der Waals surface area contributed by atoms with Gasteiger partial charge in [0.1, 0.15) is 0 Å². The lowest BCUT2D eigenvalue weighted by Gasteiger charge is -2.64. The van der Waals surface area contributed by atoms with E-state index in [0.717, 1.165) is 24.2 Å². The van der Waals surface area contributed by atoms with Gasteiger partial charge in [0, 0.05) is 5.92 Å². The summed E-state index contributed by atoms with van der Waals surface area (Å²) in [6.07, 6.45) is 11.2. The van der Waals surface area contributed by atoms with Crippen molar-refractivity contribution in [2.75, 3.05) is 0 Å². The van der Waals surface area contributed by atoms with Crippen molar-refractivity contribution in [3.63, 3.8) is 0 Å². The number of allylic oxidation sites excluding steroid dienone is 2. The SMILES string of the molecule is CC(C)CC[C@@H](C)C(C)(C)[C@H]1CC[C@@]2(C)C3=CC(=O)[C@@H]4C[C@@H](C)[C@@H](C)[C@@H](C)[C@]4(C)C3CC[C@]12C. The van der Waals surface area contributed by atoms with Gasteiger partial charge < -0.3 is 0 Å². The number of carbonyl (C=O) groups is 1. The van der Waals surface area contributed by atoms with Gasteiger partial charge in [-0.25, -0.2) is 0 Å². The van der Waals surface area contributed by atoms with Crippen molar-refractivity contribution in [1.29, 1.82) is 0 Å². The third-order valence-electron chi connectivity index (χ3n) is 13.7. The van der Waals surface area contributed by atoms with Crippen LogP contribution in [0, 0.1) is 69.0 Å². The van der Waals surface area contributed by atoms with Gasteiger partial charge in [-0.05, 0) is 108 Å². The summed E-state index contributed by atoms with van der Waals surface area (Å²) >= 11 is 0. The highest BCUT2D eigenvalue weighted by molar-refractivity contribution is 5.94. The Hall–Kier alpha value is -0.590. The molecular formula is C33H56O. The molecule has 194 valence electrons. The Balaban J connectivity index is 1.71. The maximum atomic E-state index is 13.8. The third-order valence-corrected chi connectivity index (χ3v) is 13.7. The minimum Gasteiger partial charge on any atom is -0.295 e. The van der Waals surface area contributed by atoms with Gasteiger partial charge in [-0.1, -0.05) is 88.2 Å². The molecule has 34 heavy (non-hydrogen) atoms. The zero-order valence-electron chi connectivity index (χ0n) is 24.6. The van der Waals surface area contributed by atoms with E-state index in [1.54, 1.807) is 5.57 Å². The molecule has 0 aromatic rings. The van der Waals surface area contributed by atoms with E-state index in [1.807, 2.05) is 0 Å². The first-order valence-electron chi connectivity index (χ1n) is 14.9. The highest BCUT2D eigenvalue weighted by Crippen LogP contribution is 2.74. The molecule has 3 saturated carbocycles. The summed E-state index contributed by atoms with van der Waals surface area (Å²) in [6.45, 7) is 27.5. The van der Waals surface area contributed by atoms with Crippen molar-refractivity contribution >= 4 is 5.78 Å². The lowest BCUT2D eigenvalue weighted by atomic mass is 9.40. The molecule has 0 radical (unpaired) electrons. The van der Waals surface area contributed by atoms with Gasteiger partial charge in [0.25, 0.3) is 0 Å². The van der Waals surface area contributed by atoms with Crippen molar-refractivity contribution in [2.45, 2.75) is 121 Å². The summed E-state index contributed by atoms with van der Waals surface area (Å²) in [7, 11) is 0. The molecular weight excluding hydrogens is 412 g/mol. The van der Waals surface area contributed by atoms with Gasteiger partial charge in [-0.15, -0.1) is 0 Å². The van der Waals surface area contributed by atoms with Crippen LogP contribution in [0.4, 0.5) is 0 Å². The molecule has 0 aromatic heterocycles. The van der Waals surface area contributed by atoms with E-state index in [-0.39, 0.29) is 16.7 Å². The van der Waals surface area contributed by atoms with E-state index in [0.29, 0.717) is 40.3 Å². The van der Waals surface area contributed by atoms with E-state index < -0.39 is 0 Å². The predicted octanol–water partition coefficient (Wildman–Crippen LogP) is 9.36. The molecule has 4 aliphatic carbocycles. The quantitative estimate of drug-likeness (QED) is 0.393. The number of carbonyl (C=O) groups excluding carboxylic acids is 1. The summed E-state index contributed by atoms with van der Waals surface area (Å²) < 4.78 is 0. The predicted molar refractivity (Wildman–Crippen MR) is 145 cm³/mol. The second kappa shape index (κ2) is 8.48. The fraction of sp³-hybridized carbons (Fsp3) is 0.909. The van der Waals surface area contributed by atoms with Crippen LogP contribution in [0.1, 0.15) is 121 Å². The van der Waals surface area contributed by atoms with Crippen LogP contribution < -0.4 is 0 Å². The molecule has 0 heterocycles. The van der Waals surface area contributed by atoms with E-state index >= 15 is 0 Å². The molecule has 0 aliphatic heterocycles. The minimum atomic E-state index is 0.135. The van der Waals surface area contributed by atoms with Gasteiger partial charge >= 0.3 is 0 Å². The highest BCUT2D eigenvalue weighted by Gasteiger charge is 2.67. The summed E-state index contributed by atoms with van der Waals surface area (Å²) in [6, 6.07) is 0. The maximum absolute atomic E-state index is 13.8. The van der Waals surface area contributed by atoms with Gasteiger partial charge in [0.05, 0.1) is 0 Å². The van der Waals surface area contributed by atoms with Crippen molar-refractivity contribution in [3.05, 3.63) is 11.6 Å². The van der Waals surface area contributed by atoms with Crippen molar-refractivity contribution < 1.29 is 4.79 Å². The smallest absolute Gasteiger partial charge is 0.159 e. The third kappa shape index (κ3) is 3.48. The van der Waals surface area contributed by atoms with E-state index in [4.69, 9.17) is 0 Å². The Labute approximate surface area is 212 Å². The van der Waals surface area contributed by atoms with Crippen LogP contribution in [0.5, 0.6) is 0 Å². The highest BCUT2D eigenvalue weighted by atomic mass is 16.1. The van der Waals surface area contributed by atoms with Crippen molar-refractivity contribution in [2.24, 2.45) is 69.0 Å². The van der Waals surface area contributed by atoms with Crippen LogP contribution in [0.2, 0.25) is 0 Å². The number of fused-ring (bicyclic) bond motifs is 5. The Morgan fingerprint density at radius 1 is 0.971 bits per heavy atom. The number of ketones is 1. The summed E-state index contributed by atoms with van der Waals surface area (Å²) in [5.41, 5.74) is 2.51. The second-order valence-corrected chi connectivity index (χ2v) is 15.4. The largest absolute Gasteiger partial charge is 0.295 e. The minimum absolute atomic E-state index is 0.135. The average Bonchev–Trinajstić information content (AvgIpc) is 3.04. The summed E-state index contributed by atoms with van der Waals surface area (Å²) in [4.78, 5) is 13.8. The first kappa shape index (κ1) is 26.5. The van der Waals surface area contributed by atoms with Gasteiger partial charge in [0.15, 0.2) is 5.78 Å². The van der Waals surface area contributed by atoms with Gasteiger partial charge in [0.2, 0.25) is 0 Å². The molecule has 1 unspecified atom stereocenters. The first-order chi connectivity index (χ1) is 15.6. The van der Waals surface area contributed by atoms with E-state index in [9.17, 15) is 4.79 Å². The van der Waals surface area contributed by atoms with Crippen LogP contribution in [0.15, 0.2) is 11.6 Å². The van der Waals surface area contributed by atoms with Gasteiger partial charge in [-0.3, -0.25) is 4.79 Å². The molecule has 0 aromatic carbocycles. The molecule has 1 heteroatoms. The zero-order chi connectivity index (χ0) is 25.4. The fourth-order valence-electron chi connectivity index (χ4n) is 10.2. The molecule has 4 rings (SSSR count). The molecule has 1 nitrogen and oxygen atoms in total. The van der Waals surface area contributed by atoms with Crippen LogP contribution in [0.3, 0.4) is 0 Å². The molecule has 0 saturated heterocycles. The van der Waals surface area contributed by atoms with Crippen molar-refractivity contribution in [3.8, 4) is 0 Å². The zero-order valence-corrected chi connectivity index (χ0v) is 24.6. The topological polar surface area (TPSA) is 17.1 Å². The van der Waals surface area contributed by atoms with Crippen LogP contribution in [-0.4, -0.2) is 5.78 Å². The fourth-order valence-corrected chi connectivity index (χ4v) is 10.2. The van der Waals surface area contributed by atoms with E-state index in [2.05, 4.69) is 82.2 Å². The standard InChI is InChI=1S/C33H56O/c1-20(2)12-13-22(4)30(7,8)29-15-17-31(9)26-19-28(34)27-18-21(3)23(5)24(6)33(27,11)25(26)14-16-32(29,31)10/h19-25,27,29H,12-18H2,1-11H3/t21-,22-,23-,24-,25?,27+,29-,31+,32-,33-/m1/s1. The Morgan fingerprint density at radius 2 is 1.62 bits per heavy atom. The lowest BCUT2D eigenvalue weighted by Crippen LogP contribution is -2.59. The Kier molecular flexibility index (Phi) is 6.60. The first-order valence-corrected chi connectivity index (χ1v) is 14.9. The lowest BCUT2D eigenvalue weighted by molar-refractivity contribution is -0.143.